The lowest BCUT2D eigenvalue weighted by Crippen LogP contribution is -2.53. The quantitative estimate of drug-likeness (QED) is 0.436. The van der Waals surface area contributed by atoms with Gasteiger partial charge in [-0.05, 0) is 18.9 Å². The molecule has 1 rings (SSSR count). The Balaban J connectivity index is 2.51. The highest BCUT2D eigenvalue weighted by Crippen LogP contribution is 2.02. The first-order valence-corrected chi connectivity index (χ1v) is 7.39. The van der Waals surface area contributed by atoms with Gasteiger partial charge >= 0.3 is 0 Å². The molecule has 1 aromatic rings. The molecule has 0 aliphatic rings. The lowest BCUT2D eigenvalue weighted by Gasteiger charge is -2.19. The Kier molecular flexibility index (Phi) is 7.57. The number of amides is 3. The van der Waals surface area contributed by atoms with Gasteiger partial charge in [0.25, 0.3) is 0 Å². The van der Waals surface area contributed by atoms with Crippen molar-refractivity contribution in [3.63, 3.8) is 0 Å². The zero-order valence-electron chi connectivity index (χ0n) is 13.3. The monoisotopic (exact) mass is 333 g/mol. The molecule has 24 heavy (non-hydrogen) atoms. The van der Waals surface area contributed by atoms with Gasteiger partial charge < -0.3 is 22.1 Å². The van der Waals surface area contributed by atoms with Crippen LogP contribution in [0.25, 0.3) is 0 Å². The van der Waals surface area contributed by atoms with Gasteiger partial charge in [0.2, 0.25) is 24.0 Å². The summed E-state index contributed by atoms with van der Waals surface area (Å²) in [6.07, 6.45) is 1.48. The molecule has 8 nitrogen and oxygen atoms in total. The van der Waals surface area contributed by atoms with Crippen molar-refractivity contribution >= 4 is 24.0 Å². The van der Waals surface area contributed by atoms with E-state index in [0.717, 1.165) is 5.56 Å². The number of hydrogen-bond acceptors (Lipinski definition) is 5. The molecule has 8 heteroatoms. The van der Waals surface area contributed by atoms with Crippen LogP contribution >= 0.6 is 0 Å². The molecule has 0 saturated carbocycles. The molecule has 129 valence electrons. The predicted octanol–water partition coefficient (Wildman–Crippen LogP) is -1.47. The van der Waals surface area contributed by atoms with Crippen molar-refractivity contribution in [3.05, 3.63) is 35.9 Å². The average Bonchev–Trinajstić information content (AvgIpc) is 2.54. The van der Waals surface area contributed by atoms with E-state index in [2.05, 4.69) is 10.6 Å². The zero-order valence-corrected chi connectivity index (χ0v) is 13.3. The summed E-state index contributed by atoms with van der Waals surface area (Å²) in [5.74, 6) is -1.88. The molecule has 0 spiro atoms. The van der Waals surface area contributed by atoms with Gasteiger partial charge in [0, 0.05) is 0 Å². The van der Waals surface area contributed by atoms with Crippen molar-refractivity contribution < 1.29 is 19.2 Å². The Hall–Kier alpha value is -2.74. The minimum atomic E-state index is -1.15. The van der Waals surface area contributed by atoms with Crippen LogP contribution in [0.15, 0.2) is 30.3 Å². The summed E-state index contributed by atoms with van der Waals surface area (Å²) in [7, 11) is 0. The van der Waals surface area contributed by atoms with Crippen molar-refractivity contribution in [2.45, 2.75) is 37.9 Å². The first kappa shape index (κ1) is 19.3. The third kappa shape index (κ3) is 6.57. The van der Waals surface area contributed by atoms with Crippen LogP contribution in [0.5, 0.6) is 0 Å². The summed E-state index contributed by atoms with van der Waals surface area (Å²) in [6.45, 7) is 1.44. The molecule has 0 heterocycles. The molecule has 3 amide bonds. The molecule has 0 bridgehead atoms. The largest absolute Gasteiger partial charge is 0.370 e. The lowest BCUT2D eigenvalue weighted by molar-refractivity contribution is -0.129. The Morgan fingerprint density at radius 2 is 1.75 bits per heavy atom. The Labute approximate surface area is 140 Å². The van der Waals surface area contributed by atoms with Crippen LogP contribution in [0.4, 0.5) is 0 Å². The van der Waals surface area contributed by atoms with Crippen LogP contribution in [0.3, 0.4) is 0 Å². The SMILES string of the molecule is C[C@H](NC(=O)[C@@H](N)Cc1ccccc1)C(=O)N[C@H]([C]=O)CC(N)=O. The zero-order chi connectivity index (χ0) is 18.1. The second kappa shape index (κ2) is 9.41. The summed E-state index contributed by atoms with van der Waals surface area (Å²) >= 11 is 0. The molecule has 3 atom stereocenters. The second-order valence-corrected chi connectivity index (χ2v) is 5.38. The van der Waals surface area contributed by atoms with E-state index in [9.17, 15) is 19.2 Å². The molecule has 1 radical (unpaired) electrons. The first-order valence-electron chi connectivity index (χ1n) is 7.39. The lowest BCUT2D eigenvalue weighted by atomic mass is 10.1. The highest BCUT2D eigenvalue weighted by Gasteiger charge is 2.23. The van der Waals surface area contributed by atoms with Gasteiger partial charge in [0.1, 0.15) is 12.1 Å². The topological polar surface area (TPSA) is 144 Å². The highest BCUT2D eigenvalue weighted by atomic mass is 16.2. The number of primary amides is 1. The summed E-state index contributed by atoms with van der Waals surface area (Å²) in [5, 5.41) is 4.73. The number of carbonyl (C=O) groups excluding carboxylic acids is 4. The van der Waals surface area contributed by atoms with Gasteiger partial charge in [-0.15, -0.1) is 0 Å². The normalized spacial score (nSPS) is 14.1. The van der Waals surface area contributed by atoms with E-state index in [1.165, 1.54) is 13.2 Å². The van der Waals surface area contributed by atoms with Crippen molar-refractivity contribution in [2.75, 3.05) is 0 Å². The summed E-state index contributed by atoms with van der Waals surface area (Å²) in [6, 6.07) is 6.33. The Bertz CT molecular complexity index is 591. The van der Waals surface area contributed by atoms with Crippen LogP contribution in [0.1, 0.15) is 18.9 Å². The van der Waals surface area contributed by atoms with E-state index in [1.807, 2.05) is 30.3 Å². The molecule has 0 unspecified atom stereocenters. The van der Waals surface area contributed by atoms with E-state index in [-0.39, 0.29) is 6.42 Å². The van der Waals surface area contributed by atoms with E-state index in [4.69, 9.17) is 11.5 Å². The van der Waals surface area contributed by atoms with Crippen molar-refractivity contribution in [1.82, 2.24) is 10.6 Å². The number of carbonyl (C=O) groups is 3. The van der Waals surface area contributed by atoms with Crippen molar-refractivity contribution in [3.8, 4) is 0 Å². The maximum atomic E-state index is 12.0. The van der Waals surface area contributed by atoms with Crippen LogP contribution in [0.2, 0.25) is 0 Å². The third-order valence-corrected chi connectivity index (χ3v) is 3.25. The predicted molar refractivity (Wildman–Crippen MR) is 87.2 cm³/mol. The molecular weight excluding hydrogens is 312 g/mol. The second-order valence-electron chi connectivity index (χ2n) is 5.38. The van der Waals surface area contributed by atoms with E-state index in [1.54, 1.807) is 0 Å². The fraction of sp³-hybridized carbons (Fsp3) is 0.375. The van der Waals surface area contributed by atoms with Crippen LogP contribution < -0.4 is 22.1 Å². The van der Waals surface area contributed by atoms with Crippen LogP contribution in [-0.4, -0.2) is 42.1 Å². The smallest absolute Gasteiger partial charge is 0.242 e. The maximum Gasteiger partial charge on any atom is 0.242 e. The highest BCUT2D eigenvalue weighted by molar-refractivity contribution is 5.91. The third-order valence-electron chi connectivity index (χ3n) is 3.25. The molecule has 1 aromatic carbocycles. The van der Waals surface area contributed by atoms with Gasteiger partial charge in [0.15, 0.2) is 0 Å². The van der Waals surface area contributed by atoms with E-state index >= 15 is 0 Å². The summed E-state index contributed by atoms with van der Waals surface area (Å²) < 4.78 is 0. The minimum Gasteiger partial charge on any atom is -0.370 e. The molecule has 0 saturated heterocycles. The molecular formula is C16H21N4O4. The molecule has 6 N–H and O–H groups in total. The maximum absolute atomic E-state index is 12.0. The number of benzene rings is 1. The number of nitrogens with one attached hydrogen (secondary N) is 2. The van der Waals surface area contributed by atoms with Crippen molar-refractivity contribution in [1.29, 1.82) is 0 Å². The Morgan fingerprint density at radius 3 is 2.29 bits per heavy atom. The standard InChI is InChI=1S/C16H21N4O4/c1-10(15(23)20-12(9-21)8-14(18)22)19-16(24)13(17)7-11-5-3-2-4-6-11/h2-6,10,12-13H,7-8,17H2,1H3,(H2,18,22)(H,19,24)(H,20,23)/t10-,12-,13-/m0/s1. The molecule has 0 fully saturated rings. The number of nitrogens with two attached hydrogens (primary N) is 2. The number of rotatable bonds is 9. The average molecular weight is 333 g/mol. The Morgan fingerprint density at radius 1 is 1.12 bits per heavy atom. The number of hydrogen-bond donors (Lipinski definition) is 4. The van der Waals surface area contributed by atoms with Gasteiger partial charge in [-0.2, -0.15) is 0 Å². The summed E-state index contributed by atoms with van der Waals surface area (Å²) in [5.41, 5.74) is 11.7. The van der Waals surface area contributed by atoms with E-state index in [0.29, 0.717) is 6.42 Å². The van der Waals surface area contributed by atoms with Crippen molar-refractivity contribution in [2.24, 2.45) is 11.5 Å². The van der Waals surface area contributed by atoms with Gasteiger partial charge in [0.05, 0.1) is 12.5 Å². The first-order chi connectivity index (χ1) is 11.3. The molecule has 0 aliphatic carbocycles. The van der Waals surface area contributed by atoms with Gasteiger partial charge in [-0.1, -0.05) is 30.3 Å². The molecule has 0 aliphatic heterocycles. The minimum absolute atomic E-state index is 0.327. The fourth-order valence-electron chi connectivity index (χ4n) is 1.97. The van der Waals surface area contributed by atoms with Crippen LogP contribution in [0, 0.1) is 0 Å². The summed E-state index contributed by atoms with van der Waals surface area (Å²) in [4.78, 5) is 45.4. The molecule has 0 aromatic heterocycles. The van der Waals surface area contributed by atoms with Crippen LogP contribution in [-0.2, 0) is 25.6 Å². The fourth-order valence-corrected chi connectivity index (χ4v) is 1.97. The van der Waals surface area contributed by atoms with Gasteiger partial charge in [-0.25, -0.2) is 0 Å². The van der Waals surface area contributed by atoms with E-state index < -0.39 is 35.8 Å². The van der Waals surface area contributed by atoms with Gasteiger partial charge in [-0.3, -0.25) is 19.2 Å².